The zero-order chi connectivity index (χ0) is 25.0. The van der Waals surface area contributed by atoms with E-state index in [1.165, 1.54) is 9.80 Å². The van der Waals surface area contributed by atoms with E-state index in [2.05, 4.69) is 10.6 Å². The van der Waals surface area contributed by atoms with E-state index in [-0.39, 0.29) is 30.2 Å². The van der Waals surface area contributed by atoms with Crippen LogP contribution < -0.4 is 10.6 Å². The third-order valence-electron chi connectivity index (χ3n) is 7.19. The third kappa shape index (κ3) is 4.29. The number of rotatable bonds is 4. The van der Waals surface area contributed by atoms with Crippen molar-refractivity contribution < 1.29 is 19.2 Å². The highest BCUT2D eigenvalue weighted by atomic mass is 127. The molecule has 3 atom stereocenters. The molecule has 3 unspecified atom stereocenters. The van der Waals surface area contributed by atoms with Gasteiger partial charge in [-0.2, -0.15) is 0 Å². The summed E-state index contributed by atoms with van der Waals surface area (Å²) in [6.45, 7) is 0.302. The average molecular weight is 607 g/mol. The molecule has 0 aromatic heterocycles. The maximum absolute atomic E-state index is 12.9. The van der Waals surface area contributed by atoms with Gasteiger partial charge in [-0.05, 0) is 35.2 Å². The number of hydrogen-bond donors (Lipinski definition) is 2. The lowest BCUT2D eigenvalue weighted by Crippen LogP contribution is -2.52. The van der Waals surface area contributed by atoms with E-state index >= 15 is 0 Å². The van der Waals surface area contributed by atoms with Crippen LogP contribution in [-0.2, 0) is 27.2 Å². The Kier molecular flexibility index (Phi) is 6.03. The van der Waals surface area contributed by atoms with Crippen molar-refractivity contribution in [1.29, 1.82) is 0 Å². The Bertz CT molecular complexity index is 1240. The standard InChI is InChI=1S/C25H24ClIN4O4/c1-30-23(35)29-21(33)24(30)10-16-7-8-19(9-17(16)11-24)28-20(32)14-31-13-18(12-25(26,27)22(31)34)15-5-3-2-4-6-15/h2-9,18H,10-14H2,1H3,(H,28,32)(H,29,33,35). The topological polar surface area (TPSA) is 98.8 Å². The summed E-state index contributed by atoms with van der Waals surface area (Å²) in [4.78, 5) is 53.3. The second-order valence-electron chi connectivity index (χ2n) is 9.44. The molecular formula is C25H24ClIN4O4. The smallest absolute Gasteiger partial charge is 0.324 e. The molecule has 2 N–H and O–H groups in total. The molecule has 0 bridgehead atoms. The van der Waals surface area contributed by atoms with Crippen LogP contribution >= 0.6 is 34.2 Å². The van der Waals surface area contributed by atoms with E-state index in [1.54, 1.807) is 13.1 Å². The molecule has 2 aromatic carbocycles. The number of imide groups is 1. The van der Waals surface area contributed by atoms with Crippen LogP contribution in [0.3, 0.4) is 0 Å². The number of piperidine rings is 1. The molecule has 0 saturated carbocycles. The lowest BCUT2D eigenvalue weighted by atomic mass is 9.90. The van der Waals surface area contributed by atoms with Crippen molar-refractivity contribution in [3.8, 4) is 0 Å². The average Bonchev–Trinajstić information content (AvgIpc) is 3.30. The number of carbonyl (C=O) groups is 4. The number of likely N-dealkylation sites (N-methyl/N-ethyl adjacent to an activating group) is 1. The number of benzene rings is 2. The van der Waals surface area contributed by atoms with Crippen molar-refractivity contribution in [3.63, 3.8) is 0 Å². The first kappa shape index (κ1) is 24.1. The van der Waals surface area contributed by atoms with Crippen LogP contribution in [0.15, 0.2) is 48.5 Å². The van der Waals surface area contributed by atoms with Crippen LogP contribution in [0.4, 0.5) is 10.5 Å². The van der Waals surface area contributed by atoms with Gasteiger partial charge < -0.3 is 15.1 Å². The number of alkyl halides is 2. The molecule has 2 fully saturated rings. The number of anilines is 1. The van der Waals surface area contributed by atoms with Crippen molar-refractivity contribution in [2.24, 2.45) is 0 Å². The number of halogens is 2. The Morgan fingerprint density at radius 1 is 1.14 bits per heavy atom. The van der Waals surface area contributed by atoms with Gasteiger partial charge in [-0.25, -0.2) is 4.79 Å². The minimum atomic E-state index is -1.11. The SMILES string of the molecule is CN1C(=O)NC(=O)C12Cc1ccc(NC(=O)CN3CC(c4ccccc4)CC(Cl)(I)C3=O)cc1C2. The van der Waals surface area contributed by atoms with Crippen molar-refractivity contribution in [2.75, 3.05) is 25.5 Å². The number of amides is 5. The summed E-state index contributed by atoms with van der Waals surface area (Å²) in [7, 11) is 1.62. The van der Waals surface area contributed by atoms with Gasteiger partial charge >= 0.3 is 6.03 Å². The van der Waals surface area contributed by atoms with E-state index in [9.17, 15) is 19.2 Å². The Morgan fingerprint density at radius 2 is 1.86 bits per heavy atom. The van der Waals surface area contributed by atoms with E-state index in [1.807, 2.05) is 65.1 Å². The third-order valence-corrected chi connectivity index (χ3v) is 8.41. The highest BCUT2D eigenvalue weighted by molar-refractivity contribution is 14.1. The predicted molar refractivity (Wildman–Crippen MR) is 139 cm³/mol. The molecular weight excluding hydrogens is 583 g/mol. The van der Waals surface area contributed by atoms with Gasteiger partial charge in [0, 0.05) is 38.0 Å². The minimum absolute atomic E-state index is 0.0320. The van der Waals surface area contributed by atoms with Crippen LogP contribution in [0.1, 0.15) is 29.0 Å². The fraction of sp³-hybridized carbons (Fsp3) is 0.360. The predicted octanol–water partition coefficient (Wildman–Crippen LogP) is 3.03. The second-order valence-corrected chi connectivity index (χ2v) is 12.6. The van der Waals surface area contributed by atoms with Crippen LogP contribution in [0.5, 0.6) is 0 Å². The highest BCUT2D eigenvalue weighted by Gasteiger charge is 2.54. The molecule has 2 aromatic rings. The van der Waals surface area contributed by atoms with Crippen LogP contribution in [0.25, 0.3) is 0 Å². The fourth-order valence-electron chi connectivity index (χ4n) is 5.28. The zero-order valence-corrected chi connectivity index (χ0v) is 21.9. The molecule has 10 heteroatoms. The Balaban J connectivity index is 1.28. The molecule has 1 spiro atoms. The summed E-state index contributed by atoms with van der Waals surface area (Å²) in [6.07, 6.45) is 1.31. The summed E-state index contributed by atoms with van der Waals surface area (Å²) in [6, 6.07) is 14.9. The summed E-state index contributed by atoms with van der Waals surface area (Å²) < 4.78 is -1.11. The van der Waals surface area contributed by atoms with Gasteiger partial charge in [-0.15, -0.1) is 0 Å². The zero-order valence-electron chi connectivity index (χ0n) is 19.0. The molecule has 2 saturated heterocycles. The number of fused-ring (bicyclic) bond motifs is 1. The molecule has 8 nitrogen and oxygen atoms in total. The van der Waals surface area contributed by atoms with Gasteiger partial charge in [0.15, 0.2) is 2.88 Å². The van der Waals surface area contributed by atoms with Crippen molar-refractivity contribution in [3.05, 3.63) is 65.2 Å². The largest absolute Gasteiger partial charge is 0.331 e. The maximum Gasteiger partial charge on any atom is 0.324 e. The van der Waals surface area contributed by atoms with Gasteiger partial charge in [-0.1, -0.05) is 70.6 Å². The van der Waals surface area contributed by atoms with Crippen molar-refractivity contribution in [1.82, 2.24) is 15.1 Å². The summed E-state index contributed by atoms with van der Waals surface area (Å²) >= 11 is 8.53. The van der Waals surface area contributed by atoms with E-state index in [4.69, 9.17) is 11.6 Å². The Labute approximate surface area is 221 Å². The molecule has 2 heterocycles. The number of nitrogens with zero attached hydrogens (tertiary/aromatic N) is 2. The lowest BCUT2D eigenvalue weighted by molar-refractivity contribution is -0.137. The van der Waals surface area contributed by atoms with Gasteiger partial charge in [0.25, 0.3) is 11.8 Å². The molecule has 5 rings (SSSR count). The molecule has 5 amide bonds. The number of nitrogens with one attached hydrogen (secondary N) is 2. The van der Waals surface area contributed by atoms with Gasteiger partial charge in [0.05, 0.1) is 6.54 Å². The lowest BCUT2D eigenvalue weighted by Gasteiger charge is -2.39. The molecule has 1 aliphatic carbocycles. The Morgan fingerprint density at radius 3 is 2.54 bits per heavy atom. The van der Waals surface area contributed by atoms with Gasteiger partial charge in [0.2, 0.25) is 5.91 Å². The van der Waals surface area contributed by atoms with Crippen molar-refractivity contribution in [2.45, 2.75) is 33.6 Å². The maximum atomic E-state index is 12.9. The van der Waals surface area contributed by atoms with Gasteiger partial charge in [0.1, 0.15) is 5.54 Å². The molecule has 2 aliphatic heterocycles. The first-order valence-electron chi connectivity index (χ1n) is 11.3. The molecule has 35 heavy (non-hydrogen) atoms. The van der Waals surface area contributed by atoms with Gasteiger partial charge in [-0.3, -0.25) is 19.7 Å². The van der Waals surface area contributed by atoms with Crippen molar-refractivity contribution >= 4 is 63.6 Å². The van der Waals surface area contributed by atoms with E-state index < -0.39 is 14.5 Å². The fourth-order valence-corrected chi connectivity index (χ4v) is 6.45. The van der Waals surface area contributed by atoms with Crippen LogP contribution in [0, 0.1) is 0 Å². The minimum Gasteiger partial charge on any atom is -0.331 e. The number of urea groups is 1. The van der Waals surface area contributed by atoms with Crippen LogP contribution in [0.2, 0.25) is 0 Å². The number of carbonyl (C=O) groups excluding carboxylic acids is 4. The van der Waals surface area contributed by atoms with Crippen LogP contribution in [-0.4, -0.2) is 62.1 Å². The summed E-state index contributed by atoms with van der Waals surface area (Å²) in [5, 5.41) is 5.25. The normalized spacial score (nSPS) is 27.9. The summed E-state index contributed by atoms with van der Waals surface area (Å²) in [5.74, 6) is -0.858. The van der Waals surface area contributed by atoms with E-state index in [0.717, 1.165) is 16.7 Å². The monoisotopic (exact) mass is 606 g/mol. The first-order chi connectivity index (χ1) is 16.6. The second kappa shape index (κ2) is 8.77. The molecule has 0 radical (unpaired) electrons. The first-order valence-corrected chi connectivity index (χ1v) is 12.8. The Hall–Kier alpha value is -2.66. The number of likely N-dealkylation sites (tertiary alicyclic amines) is 1. The molecule has 182 valence electrons. The quantitative estimate of drug-likeness (QED) is 0.318. The number of hydrogen-bond acceptors (Lipinski definition) is 4. The molecule has 3 aliphatic rings. The highest BCUT2D eigenvalue weighted by Crippen LogP contribution is 2.42. The van der Waals surface area contributed by atoms with E-state index in [0.29, 0.717) is 31.5 Å². The summed E-state index contributed by atoms with van der Waals surface area (Å²) in [5.41, 5.74) is 2.62.